The molecule has 0 aromatic rings. The molecular weight excluding hydrogens is 144 g/mol. The first kappa shape index (κ1) is 8.33. The van der Waals surface area contributed by atoms with Gasteiger partial charge in [0.15, 0.2) is 0 Å². The number of hydrogen-bond donors (Lipinski definition) is 2. The summed E-state index contributed by atoms with van der Waals surface area (Å²) in [6.07, 6.45) is 2.88. The number of nitrogens with one attached hydrogen (secondary N) is 2. The highest BCUT2D eigenvalue weighted by Crippen LogP contribution is 2.17. The predicted molar refractivity (Wildman–Crippen MR) is 39.9 cm³/mol. The fraction of sp³-hybridized carbons (Fsp3) is 0.857. The van der Waals surface area contributed by atoms with Crippen molar-refractivity contribution >= 4 is 6.03 Å². The molecule has 1 fully saturated rings. The van der Waals surface area contributed by atoms with Crippen LogP contribution in [0.15, 0.2) is 0 Å². The highest BCUT2D eigenvalue weighted by atomic mass is 16.3. The van der Waals surface area contributed by atoms with E-state index in [1.165, 1.54) is 0 Å². The van der Waals surface area contributed by atoms with E-state index in [-0.39, 0.29) is 12.1 Å². The molecule has 1 aliphatic rings. The zero-order valence-corrected chi connectivity index (χ0v) is 6.34. The van der Waals surface area contributed by atoms with E-state index in [2.05, 4.69) is 5.32 Å². The monoisotopic (exact) mass is 157 g/mol. The molecule has 63 valence electrons. The van der Waals surface area contributed by atoms with Crippen LogP contribution >= 0.6 is 0 Å². The molecule has 0 spiro atoms. The number of hydrogen-bond acceptors (Lipinski definition) is 2. The Morgan fingerprint density at radius 3 is 2.36 bits per heavy atom. The first-order chi connectivity index (χ1) is 5.18. The molecule has 0 heterocycles. The molecule has 0 aromatic carbocycles. The lowest BCUT2D eigenvalue weighted by molar-refractivity contribution is 0.118. The van der Waals surface area contributed by atoms with Gasteiger partial charge in [-0.05, 0) is 25.7 Å². The highest BCUT2D eigenvalue weighted by Gasteiger charge is 2.19. The summed E-state index contributed by atoms with van der Waals surface area (Å²) in [5.74, 6) is 0. The van der Waals surface area contributed by atoms with Crippen LogP contribution in [0.5, 0.6) is 0 Å². The molecular formula is C7H13N2O2. The van der Waals surface area contributed by atoms with E-state index in [9.17, 15) is 4.79 Å². The third kappa shape index (κ3) is 2.76. The van der Waals surface area contributed by atoms with Crippen molar-refractivity contribution in [1.29, 1.82) is 0 Å². The normalized spacial score (nSPS) is 31.4. The van der Waals surface area contributed by atoms with Gasteiger partial charge in [-0.2, -0.15) is 0 Å². The van der Waals surface area contributed by atoms with Gasteiger partial charge in [0.25, 0.3) is 0 Å². The third-order valence-corrected chi connectivity index (χ3v) is 2.03. The Kier molecular flexibility index (Phi) is 2.70. The smallest absolute Gasteiger partial charge is 0.333 e. The Labute approximate surface area is 65.8 Å². The molecule has 0 aliphatic heterocycles. The Morgan fingerprint density at radius 2 is 1.91 bits per heavy atom. The Morgan fingerprint density at radius 1 is 1.36 bits per heavy atom. The summed E-state index contributed by atoms with van der Waals surface area (Å²) in [5, 5.41) is 11.6. The maximum Gasteiger partial charge on any atom is 0.333 e. The van der Waals surface area contributed by atoms with E-state index in [1.54, 1.807) is 0 Å². The van der Waals surface area contributed by atoms with E-state index in [1.807, 2.05) is 0 Å². The van der Waals surface area contributed by atoms with Gasteiger partial charge >= 0.3 is 6.03 Å². The lowest BCUT2D eigenvalue weighted by Gasteiger charge is -2.25. The number of aliphatic hydroxyl groups excluding tert-OH is 1. The molecule has 0 bridgehead atoms. The van der Waals surface area contributed by atoms with Crippen molar-refractivity contribution in [1.82, 2.24) is 11.1 Å². The SMILES string of the molecule is [NH]C(=O)NC1CCC(O)CC1. The zero-order valence-electron chi connectivity index (χ0n) is 6.34. The summed E-state index contributed by atoms with van der Waals surface area (Å²) >= 11 is 0. The minimum Gasteiger partial charge on any atom is -0.393 e. The summed E-state index contributed by atoms with van der Waals surface area (Å²) in [6, 6.07) is -0.602. The molecule has 0 saturated heterocycles. The summed E-state index contributed by atoms with van der Waals surface area (Å²) < 4.78 is 0. The number of rotatable bonds is 1. The number of amides is 2. The predicted octanol–water partition coefficient (Wildman–Crippen LogP) is 0.282. The Hall–Kier alpha value is -0.770. The van der Waals surface area contributed by atoms with Gasteiger partial charge in [0.05, 0.1) is 6.10 Å². The van der Waals surface area contributed by atoms with Gasteiger partial charge in [0.2, 0.25) is 0 Å². The van der Waals surface area contributed by atoms with Crippen molar-refractivity contribution in [2.24, 2.45) is 0 Å². The van der Waals surface area contributed by atoms with Crippen LogP contribution in [0.3, 0.4) is 0 Å². The molecule has 3 N–H and O–H groups in total. The second kappa shape index (κ2) is 3.57. The molecule has 0 atom stereocenters. The fourth-order valence-electron chi connectivity index (χ4n) is 1.41. The van der Waals surface area contributed by atoms with Crippen molar-refractivity contribution in [3.8, 4) is 0 Å². The van der Waals surface area contributed by atoms with Gasteiger partial charge in [-0.15, -0.1) is 0 Å². The Bertz CT molecular complexity index is 141. The number of carbonyl (C=O) groups is 1. The summed E-state index contributed by atoms with van der Waals surface area (Å²) in [4.78, 5) is 10.3. The van der Waals surface area contributed by atoms with Crippen LogP contribution in [0, 0.1) is 0 Å². The molecule has 1 rings (SSSR count). The fourth-order valence-corrected chi connectivity index (χ4v) is 1.41. The second-order valence-electron chi connectivity index (χ2n) is 2.98. The zero-order chi connectivity index (χ0) is 8.27. The number of urea groups is 1. The van der Waals surface area contributed by atoms with E-state index in [0.29, 0.717) is 0 Å². The maximum atomic E-state index is 10.3. The largest absolute Gasteiger partial charge is 0.393 e. The van der Waals surface area contributed by atoms with Crippen molar-refractivity contribution in [2.75, 3.05) is 0 Å². The summed E-state index contributed by atoms with van der Waals surface area (Å²) in [7, 11) is 0. The van der Waals surface area contributed by atoms with Crippen LogP contribution in [-0.2, 0) is 0 Å². The van der Waals surface area contributed by atoms with E-state index >= 15 is 0 Å². The first-order valence-corrected chi connectivity index (χ1v) is 3.88. The van der Waals surface area contributed by atoms with Crippen molar-refractivity contribution in [3.63, 3.8) is 0 Å². The maximum absolute atomic E-state index is 10.3. The average Bonchev–Trinajstić information content (AvgIpc) is 1.93. The quantitative estimate of drug-likeness (QED) is 0.573. The number of aliphatic hydroxyl groups is 1. The molecule has 1 aliphatic carbocycles. The van der Waals surface area contributed by atoms with Crippen LogP contribution in [0.4, 0.5) is 4.79 Å². The second-order valence-corrected chi connectivity index (χ2v) is 2.98. The minimum atomic E-state index is -0.716. The minimum absolute atomic E-state index is 0.114. The lowest BCUT2D eigenvalue weighted by atomic mass is 9.93. The van der Waals surface area contributed by atoms with Gasteiger partial charge < -0.3 is 10.4 Å². The van der Waals surface area contributed by atoms with Gasteiger partial charge in [-0.3, -0.25) is 0 Å². The average molecular weight is 157 g/mol. The van der Waals surface area contributed by atoms with Crippen molar-refractivity contribution in [2.45, 2.75) is 37.8 Å². The van der Waals surface area contributed by atoms with Crippen LogP contribution in [0.1, 0.15) is 25.7 Å². The van der Waals surface area contributed by atoms with Crippen LogP contribution in [0.2, 0.25) is 0 Å². The Balaban J connectivity index is 2.22. The first-order valence-electron chi connectivity index (χ1n) is 3.88. The number of carbonyl (C=O) groups excluding carboxylic acids is 1. The lowest BCUT2D eigenvalue weighted by Crippen LogP contribution is -2.38. The molecule has 0 unspecified atom stereocenters. The van der Waals surface area contributed by atoms with Crippen molar-refractivity contribution < 1.29 is 9.90 Å². The molecule has 11 heavy (non-hydrogen) atoms. The molecule has 2 amide bonds. The summed E-state index contributed by atoms with van der Waals surface area (Å²) in [5.41, 5.74) is 6.65. The molecule has 4 nitrogen and oxygen atoms in total. The van der Waals surface area contributed by atoms with E-state index in [0.717, 1.165) is 25.7 Å². The topological polar surface area (TPSA) is 73.1 Å². The van der Waals surface area contributed by atoms with Gasteiger partial charge in [-0.25, -0.2) is 10.5 Å². The van der Waals surface area contributed by atoms with Crippen LogP contribution < -0.4 is 11.1 Å². The van der Waals surface area contributed by atoms with Gasteiger partial charge in [0, 0.05) is 6.04 Å². The van der Waals surface area contributed by atoms with Crippen molar-refractivity contribution in [3.05, 3.63) is 0 Å². The van der Waals surface area contributed by atoms with Crippen LogP contribution in [-0.4, -0.2) is 23.3 Å². The third-order valence-electron chi connectivity index (χ3n) is 2.03. The molecule has 4 heteroatoms. The van der Waals surface area contributed by atoms with Crippen LogP contribution in [0.25, 0.3) is 0 Å². The molecule has 1 saturated carbocycles. The standard InChI is InChI=1S/C7H13N2O2/c8-7(11)9-5-1-3-6(10)4-2-5/h5-6,8,10H,1-4H2,(H,9,11). The van der Waals surface area contributed by atoms with Gasteiger partial charge in [-0.1, -0.05) is 0 Å². The van der Waals surface area contributed by atoms with E-state index in [4.69, 9.17) is 10.8 Å². The van der Waals surface area contributed by atoms with E-state index < -0.39 is 6.03 Å². The summed E-state index contributed by atoms with van der Waals surface area (Å²) in [6.45, 7) is 0. The highest BCUT2D eigenvalue weighted by molar-refractivity contribution is 5.71. The van der Waals surface area contributed by atoms with Gasteiger partial charge in [0.1, 0.15) is 0 Å². The molecule has 0 aromatic heterocycles. The molecule has 1 radical (unpaired) electrons.